The monoisotopic (exact) mass is 287 g/mol. The van der Waals surface area contributed by atoms with E-state index < -0.39 is 0 Å². The van der Waals surface area contributed by atoms with E-state index in [4.69, 9.17) is 9.47 Å². The highest BCUT2D eigenvalue weighted by atomic mass is 16.5. The maximum atomic E-state index is 5.44. The minimum atomic E-state index is 0.323. The Morgan fingerprint density at radius 1 is 1.19 bits per heavy atom. The normalized spacial score (nSPS) is 18.5. The zero-order valence-corrected chi connectivity index (χ0v) is 12.5. The van der Waals surface area contributed by atoms with Gasteiger partial charge in [-0.3, -0.25) is 0 Å². The van der Waals surface area contributed by atoms with Crippen molar-refractivity contribution in [3.05, 3.63) is 30.2 Å². The first-order chi connectivity index (χ1) is 10.3. The van der Waals surface area contributed by atoms with E-state index in [-0.39, 0.29) is 0 Å². The predicted octanol–water partition coefficient (Wildman–Crippen LogP) is 2.91. The molecule has 0 aliphatic carbocycles. The average molecular weight is 287 g/mol. The summed E-state index contributed by atoms with van der Waals surface area (Å²) < 4.78 is 10.7. The van der Waals surface area contributed by atoms with Crippen molar-refractivity contribution in [3.8, 4) is 22.8 Å². The first kappa shape index (κ1) is 13.9. The fraction of sp³-hybridized carbons (Fsp3) is 0.438. The van der Waals surface area contributed by atoms with E-state index in [1.807, 2.05) is 24.4 Å². The fourth-order valence-electron chi connectivity index (χ4n) is 2.76. The maximum absolute atomic E-state index is 5.44. The molecular weight excluding hydrogens is 266 g/mol. The van der Waals surface area contributed by atoms with Gasteiger partial charge in [-0.1, -0.05) is 6.42 Å². The van der Waals surface area contributed by atoms with Gasteiger partial charge >= 0.3 is 0 Å². The number of piperidine rings is 1. The van der Waals surface area contributed by atoms with Crippen molar-refractivity contribution in [2.45, 2.75) is 25.3 Å². The minimum Gasteiger partial charge on any atom is -0.497 e. The Morgan fingerprint density at radius 3 is 2.81 bits per heavy atom. The van der Waals surface area contributed by atoms with Crippen LogP contribution in [0.4, 0.5) is 0 Å². The number of H-pyrrole nitrogens is 1. The second kappa shape index (κ2) is 6.18. The van der Waals surface area contributed by atoms with Gasteiger partial charge in [0.05, 0.1) is 32.2 Å². The molecule has 1 fully saturated rings. The van der Waals surface area contributed by atoms with Crippen LogP contribution in [0.1, 0.15) is 31.1 Å². The molecule has 5 nitrogen and oxygen atoms in total. The number of aromatic amines is 1. The molecule has 2 N–H and O–H groups in total. The van der Waals surface area contributed by atoms with E-state index >= 15 is 0 Å². The molecule has 5 heteroatoms. The van der Waals surface area contributed by atoms with Crippen LogP contribution in [-0.2, 0) is 0 Å². The van der Waals surface area contributed by atoms with Gasteiger partial charge in [0.2, 0.25) is 0 Å². The lowest BCUT2D eigenvalue weighted by Gasteiger charge is -2.21. The van der Waals surface area contributed by atoms with Crippen molar-refractivity contribution < 1.29 is 9.47 Å². The summed E-state index contributed by atoms with van der Waals surface area (Å²) >= 11 is 0. The van der Waals surface area contributed by atoms with E-state index in [0.29, 0.717) is 6.04 Å². The molecule has 1 saturated heterocycles. The van der Waals surface area contributed by atoms with Gasteiger partial charge in [0.25, 0.3) is 0 Å². The van der Waals surface area contributed by atoms with Gasteiger partial charge in [0, 0.05) is 5.56 Å². The molecule has 0 saturated carbocycles. The van der Waals surface area contributed by atoms with Crippen LogP contribution in [0.2, 0.25) is 0 Å². The zero-order chi connectivity index (χ0) is 14.7. The number of nitrogens with one attached hydrogen (secondary N) is 2. The lowest BCUT2D eigenvalue weighted by molar-refractivity contribution is 0.399. The van der Waals surface area contributed by atoms with Gasteiger partial charge in [-0.2, -0.15) is 0 Å². The van der Waals surface area contributed by atoms with E-state index in [0.717, 1.165) is 41.5 Å². The van der Waals surface area contributed by atoms with Crippen molar-refractivity contribution in [1.82, 2.24) is 15.3 Å². The Hall–Kier alpha value is -2.01. The molecule has 1 unspecified atom stereocenters. The Morgan fingerprint density at radius 2 is 2.10 bits per heavy atom. The molecule has 21 heavy (non-hydrogen) atoms. The second-order valence-electron chi connectivity index (χ2n) is 5.25. The standard InChI is InChI=1S/C16H21N3O2/c1-20-11-6-7-15(21-2)12(9-11)14-10-18-16(19-14)13-5-3-4-8-17-13/h6-7,9-10,13,17H,3-5,8H2,1-2H3,(H,18,19). The Labute approximate surface area is 124 Å². The summed E-state index contributed by atoms with van der Waals surface area (Å²) in [5.74, 6) is 2.61. The lowest BCUT2D eigenvalue weighted by atomic mass is 10.0. The zero-order valence-electron chi connectivity index (χ0n) is 12.5. The van der Waals surface area contributed by atoms with E-state index in [1.165, 1.54) is 12.8 Å². The average Bonchev–Trinajstić information content (AvgIpc) is 3.05. The molecule has 0 radical (unpaired) electrons. The van der Waals surface area contributed by atoms with Gasteiger partial charge in [0.1, 0.15) is 17.3 Å². The lowest BCUT2D eigenvalue weighted by Crippen LogP contribution is -2.27. The van der Waals surface area contributed by atoms with Crippen LogP contribution in [0.15, 0.2) is 24.4 Å². The Kier molecular flexibility index (Phi) is 4.10. The highest BCUT2D eigenvalue weighted by Crippen LogP contribution is 2.33. The summed E-state index contributed by atoms with van der Waals surface area (Å²) in [6.45, 7) is 1.06. The summed E-state index contributed by atoms with van der Waals surface area (Å²) in [5, 5.41) is 3.50. The quantitative estimate of drug-likeness (QED) is 0.907. The van der Waals surface area contributed by atoms with Gasteiger partial charge in [-0.05, 0) is 37.6 Å². The molecule has 1 atom stereocenters. The molecule has 3 rings (SSSR count). The summed E-state index contributed by atoms with van der Waals surface area (Å²) in [5.41, 5.74) is 1.92. The Balaban J connectivity index is 1.91. The van der Waals surface area contributed by atoms with Crippen LogP contribution < -0.4 is 14.8 Å². The smallest absolute Gasteiger partial charge is 0.128 e. The van der Waals surface area contributed by atoms with Crippen molar-refractivity contribution in [1.29, 1.82) is 0 Å². The molecule has 0 amide bonds. The topological polar surface area (TPSA) is 59.2 Å². The van der Waals surface area contributed by atoms with Gasteiger partial charge in [-0.15, -0.1) is 0 Å². The number of benzene rings is 1. The highest BCUT2D eigenvalue weighted by molar-refractivity contribution is 5.68. The predicted molar refractivity (Wildman–Crippen MR) is 81.7 cm³/mol. The number of rotatable bonds is 4. The molecule has 1 aliphatic rings. The largest absolute Gasteiger partial charge is 0.497 e. The SMILES string of the molecule is COc1ccc(OC)c(-c2cnc(C3CCCCN3)[nH]2)c1. The number of imidazole rings is 1. The van der Waals surface area contributed by atoms with Crippen LogP contribution >= 0.6 is 0 Å². The molecule has 1 aromatic heterocycles. The van der Waals surface area contributed by atoms with Crippen LogP contribution in [0, 0.1) is 0 Å². The molecule has 1 aromatic carbocycles. The first-order valence-corrected chi connectivity index (χ1v) is 7.32. The van der Waals surface area contributed by atoms with Crippen LogP contribution in [0.5, 0.6) is 11.5 Å². The van der Waals surface area contributed by atoms with Crippen molar-refractivity contribution in [3.63, 3.8) is 0 Å². The van der Waals surface area contributed by atoms with E-state index in [9.17, 15) is 0 Å². The molecule has 2 aromatic rings. The van der Waals surface area contributed by atoms with Crippen molar-refractivity contribution in [2.75, 3.05) is 20.8 Å². The summed E-state index contributed by atoms with van der Waals surface area (Å²) in [6, 6.07) is 6.09. The summed E-state index contributed by atoms with van der Waals surface area (Å²) in [4.78, 5) is 7.95. The number of aromatic nitrogens is 2. The summed E-state index contributed by atoms with van der Waals surface area (Å²) in [6.07, 6.45) is 5.48. The van der Waals surface area contributed by atoms with Crippen LogP contribution in [0.3, 0.4) is 0 Å². The molecule has 2 heterocycles. The third-order valence-corrected chi connectivity index (χ3v) is 3.93. The van der Waals surface area contributed by atoms with Crippen molar-refractivity contribution in [2.24, 2.45) is 0 Å². The van der Waals surface area contributed by atoms with Gasteiger partial charge in [-0.25, -0.2) is 4.98 Å². The fourth-order valence-corrected chi connectivity index (χ4v) is 2.76. The maximum Gasteiger partial charge on any atom is 0.128 e. The van der Waals surface area contributed by atoms with Gasteiger partial charge in [0.15, 0.2) is 0 Å². The number of nitrogens with zero attached hydrogens (tertiary/aromatic N) is 1. The second-order valence-corrected chi connectivity index (χ2v) is 5.25. The van der Waals surface area contributed by atoms with Crippen LogP contribution in [0.25, 0.3) is 11.3 Å². The highest BCUT2D eigenvalue weighted by Gasteiger charge is 2.19. The number of ether oxygens (including phenoxy) is 2. The van der Waals surface area contributed by atoms with E-state index in [2.05, 4.69) is 15.3 Å². The number of methoxy groups -OCH3 is 2. The first-order valence-electron chi connectivity index (χ1n) is 7.32. The van der Waals surface area contributed by atoms with E-state index in [1.54, 1.807) is 14.2 Å². The molecule has 112 valence electrons. The van der Waals surface area contributed by atoms with Crippen molar-refractivity contribution >= 4 is 0 Å². The summed E-state index contributed by atoms with van der Waals surface area (Å²) in [7, 11) is 3.33. The number of hydrogen-bond acceptors (Lipinski definition) is 4. The molecule has 1 aliphatic heterocycles. The third kappa shape index (κ3) is 2.88. The van der Waals surface area contributed by atoms with Crippen LogP contribution in [-0.4, -0.2) is 30.7 Å². The van der Waals surface area contributed by atoms with Gasteiger partial charge < -0.3 is 19.8 Å². The number of hydrogen-bond donors (Lipinski definition) is 2. The third-order valence-electron chi connectivity index (χ3n) is 3.93. The minimum absolute atomic E-state index is 0.323. The molecule has 0 spiro atoms. The Bertz CT molecular complexity index is 603. The molecular formula is C16H21N3O2. The molecule has 0 bridgehead atoms.